The third-order valence-electron chi connectivity index (χ3n) is 4.98. The molecule has 4 nitrogen and oxygen atoms in total. The van der Waals surface area contributed by atoms with Crippen LogP contribution in [0.3, 0.4) is 0 Å². The topological polar surface area (TPSA) is 33.1 Å². The van der Waals surface area contributed by atoms with Gasteiger partial charge in [0, 0.05) is 37.4 Å². The van der Waals surface area contributed by atoms with Crippen LogP contribution in [0.5, 0.6) is 0 Å². The van der Waals surface area contributed by atoms with E-state index in [0.717, 1.165) is 12.5 Å². The van der Waals surface area contributed by atoms with E-state index in [1.165, 1.54) is 29.5 Å². The van der Waals surface area contributed by atoms with Crippen molar-refractivity contribution in [3.8, 4) is 0 Å². The van der Waals surface area contributed by atoms with Crippen molar-refractivity contribution in [3.63, 3.8) is 0 Å². The lowest BCUT2D eigenvalue weighted by molar-refractivity contribution is 0.237. The lowest BCUT2D eigenvalue weighted by Crippen LogP contribution is -2.43. The average molecular weight is 312 g/mol. The summed E-state index contributed by atoms with van der Waals surface area (Å²) in [6, 6.07) is 9.97. The normalized spacial score (nSPS) is 22.1. The minimum atomic E-state index is 0.377. The van der Waals surface area contributed by atoms with E-state index in [0.29, 0.717) is 12.1 Å². The van der Waals surface area contributed by atoms with Gasteiger partial charge >= 0.3 is 0 Å². The van der Waals surface area contributed by atoms with Crippen molar-refractivity contribution in [2.24, 2.45) is 7.05 Å². The Labute approximate surface area is 139 Å². The van der Waals surface area contributed by atoms with Gasteiger partial charge in [-0.15, -0.1) is 0 Å². The van der Waals surface area contributed by atoms with Crippen molar-refractivity contribution in [1.29, 1.82) is 0 Å². The number of aryl methyl sites for hydroxylation is 2. The second-order valence-corrected chi connectivity index (χ2v) is 7.11. The van der Waals surface area contributed by atoms with Gasteiger partial charge in [-0.1, -0.05) is 29.8 Å². The monoisotopic (exact) mass is 312 g/mol. The zero-order valence-electron chi connectivity index (χ0n) is 14.7. The number of rotatable bonds is 6. The van der Waals surface area contributed by atoms with Crippen LogP contribution >= 0.6 is 0 Å². The molecule has 1 fully saturated rings. The molecular formula is C19H28N4. The van der Waals surface area contributed by atoms with E-state index in [4.69, 9.17) is 0 Å². The average Bonchev–Trinajstić information content (AvgIpc) is 2.87. The van der Waals surface area contributed by atoms with Gasteiger partial charge in [0.05, 0.1) is 6.20 Å². The number of aromatic nitrogens is 2. The first-order valence-corrected chi connectivity index (χ1v) is 8.48. The molecule has 0 aliphatic heterocycles. The molecule has 0 amide bonds. The molecule has 1 unspecified atom stereocenters. The Morgan fingerprint density at radius 1 is 1.35 bits per heavy atom. The van der Waals surface area contributed by atoms with Gasteiger partial charge < -0.3 is 10.2 Å². The van der Waals surface area contributed by atoms with Crippen LogP contribution in [-0.2, 0) is 7.05 Å². The zero-order valence-corrected chi connectivity index (χ0v) is 14.7. The van der Waals surface area contributed by atoms with Crippen molar-refractivity contribution in [2.75, 3.05) is 20.6 Å². The molecule has 124 valence electrons. The van der Waals surface area contributed by atoms with Crippen molar-refractivity contribution < 1.29 is 0 Å². The van der Waals surface area contributed by atoms with Crippen molar-refractivity contribution in [3.05, 3.63) is 53.3 Å². The Morgan fingerprint density at radius 3 is 2.74 bits per heavy atom. The predicted octanol–water partition coefficient (Wildman–Crippen LogP) is 2.87. The maximum atomic E-state index is 4.30. The molecule has 1 N–H and O–H groups in total. The summed E-state index contributed by atoms with van der Waals surface area (Å²) in [5.74, 6) is 0.726. The number of hydrogen-bond donors (Lipinski definition) is 1. The summed E-state index contributed by atoms with van der Waals surface area (Å²) in [5.41, 5.74) is 4.14. The Hall–Kier alpha value is -1.65. The largest absolute Gasteiger partial charge is 0.312 e. The zero-order chi connectivity index (χ0) is 16.4. The van der Waals surface area contributed by atoms with E-state index in [9.17, 15) is 0 Å². The van der Waals surface area contributed by atoms with Crippen LogP contribution in [0.2, 0.25) is 0 Å². The summed E-state index contributed by atoms with van der Waals surface area (Å²) in [6.07, 6.45) is 6.58. The third kappa shape index (κ3) is 3.82. The Morgan fingerprint density at radius 2 is 2.13 bits per heavy atom. The highest BCUT2D eigenvalue weighted by Crippen LogP contribution is 2.37. The minimum Gasteiger partial charge on any atom is -0.312 e. The Bertz CT molecular complexity index is 640. The van der Waals surface area contributed by atoms with E-state index in [-0.39, 0.29) is 0 Å². The fourth-order valence-electron chi connectivity index (χ4n) is 3.47. The Kier molecular flexibility index (Phi) is 4.83. The van der Waals surface area contributed by atoms with E-state index < -0.39 is 0 Å². The maximum absolute atomic E-state index is 4.30. The second kappa shape index (κ2) is 6.85. The van der Waals surface area contributed by atoms with Gasteiger partial charge in [-0.05, 0) is 45.3 Å². The highest BCUT2D eigenvalue weighted by Gasteiger charge is 2.30. The molecule has 0 saturated heterocycles. The predicted molar refractivity (Wildman–Crippen MR) is 94.6 cm³/mol. The van der Waals surface area contributed by atoms with Gasteiger partial charge in [0.2, 0.25) is 0 Å². The van der Waals surface area contributed by atoms with Crippen molar-refractivity contribution in [1.82, 2.24) is 20.0 Å². The first-order valence-electron chi connectivity index (χ1n) is 8.48. The van der Waals surface area contributed by atoms with Crippen LogP contribution in [0.1, 0.15) is 41.5 Å². The van der Waals surface area contributed by atoms with E-state index in [1.807, 2.05) is 17.9 Å². The molecule has 1 aromatic heterocycles. The lowest BCUT2D eigenvalue weighted by atomic mass is 9.75. The number of hydrogen-bond acceptors (Lipinski definition) is 3. The van der Waals surface area contributed by atoms with Crippen molar-refractivity contribution >= 4 is 0 Å². The Balaban J connectivity index is 1.51. The van der Waals surface area contributed by atoms with Gasteiger partial charge in [0.15, 0.2) is 0 Å². The number of likely N-dealkylation sites (N-methyl/N-ethyl adjacent to an activating group) is 1. The van der Waals surface area contributed by atoms with E-state index >= 15 is 0 Å². The molecule has 1 saturated carbocycles. The molecule has 4 heteroatoms. The van der Waals surface area contributed by atoms with Crippen LogP contribution in [0, 0.1) is 6.92 Å². The second-order valence-electron chi connectivity index (χ2n) is 7.11. The van der Waals surface area contributed by atoms with Crippen LogP contribution in [0.25, 0.3) is 0 Å². The molecular weight excluding hydrogens is 284 g/mol. The molecule has 1 aliphatic carbocycles. The molecule has 3 rings (SSSR count). The van der Waals surface area contributed by atoms with E-state index in [2.05, 4.69) is 66.8 Å². The lowest BCUT2D eigenvalue weighted by Gasteiger charge is -2.38. The van der Waals surface area contributed by atoms with E-state index in [1.54, 1.807) is 0 Å². The van der Waals surface area contributed by atoms with Crippen LogP contribution in [-0.4, -0.2) is 41.4 Å². The smallest absolute Gasteiger partial charge is 0.0538 e. The molecule has 1 aliphatic rings. The summed E-state index contributed by atoms with van der Waals surface area (Å²) in [4.78, 5) is 2.26. The maximum Gasteiger partial charge on any atom is 0.0538 e. The van der Waals surface area contributed by atoms with Crippen LogP contribution in [0.15, 0.2) is 36.7 Å². The van der Waals surface area contributed by atoms with Gasteiger partial charge in [-0.25, -0.2) is 0 Å². The van der Waals surface area contributed by atoms with Gasteiger partial charge in [-0.3, -0.25) is 4.68 Å². The fraction of sp³-hybridized carbons (Fsp3) is 0.526. The quantitative estimate of drug-likeness (QED) is 0.890. The fourth-order valence-corrected chi connectivity index (χ4v) is 3.47. The van der Waals surface area contributed by atoms with Gasteiger partial charge in [0.25, 0.3) is 0 Å². The molecule has 0 bridgehead atoms. The van der Waals surface area contributed by atoms with Crippen LogP contribution < -0.4 is 5.32 Å². The summed E-state index contributed by atoms with van der Waals surface area (Å²) < 4.78 is 1.88. The summed E-state index contributed by atoms with van der Waals surface area (Å²) in [5, 5.41) is 8.05. The standard InChI is InChI=1S/C19H28N4/c1-14-6-5-7-15(8-14)16-9-18(10-16)20-12-19(22(2)3)17-11-21-23(4)13-17/h5-8,11,13,16,18-20H,9-10,12H2,1-4H3. The van der Waals surface area contributed by atoms with Gasteiger partial charge in [0.1, 0.15) is 0 Å². The molecule has 1 aromatic carbocycles. The first-order chi connectivity index (χ1) is 11.0. The molecule has 0 radical (unpaired) electrons. The van der Waals surface area contributed by atoms with Crippen LogP contribution in [0.4, 0.5) is 0 Å². The molecule has 2 aromatic rings. The SMILES string of the molecule is Cc1cccc(C2CC(NCC(c3cnn(C)c3)N(C)C)C2)c1. The van der Waals surface area contributed by atoms with Gasteiger partial charge in [-0.2, -0.15) is 5.10 Å². The molecule has 23 heavy (non-hydrogen) atoms. The minimum absolute atomic E-state index is 0.377. The number of benzene rings is 1. The van der Waals surface area contributed by atoms with Crippen molar-refractivity contribution in [2.45, 2.75) is 37.8 Å². The molecule has 1 heterocycles. The summed E-state index contributed by atoms with van der Waals surface area (Å²) in [6.45, 7) is 3.15. The highest BCUT2D eigenvalue weighted by atomic mass is 15.2. The highest BCUT2D eigenvalue weighted by molar-refractivity contribution is 5.27. The molecule has 0 spiro atoms. The number of nitrogens with zero attached hydrogens (tertiary/aromatic N) is 3. The molecule has 1 atom stereocenters. The first kappa shape index (κ1) is 16.2. The summed E-state index contributed by atoms with van der Waals surface area (Å²) in [7, 11) is 6.24. The summed E-state index contributed by atoms with van der Waals surface area (Å²) >= 11 is 0. The third-order valence-corrected chi connectivity index (χ3v) is 4.98. The number of nitrogens with one attached hydrogen (secondary N) is 1.